The standard InChI is InChI=1S/C24H27FN2O2/c25-21-9-4-8-20(16-21)18-27-13-5-10-24(23(27)29)11-14-26(15-12-24)22(28)17-19-6-2-1-3-7-19/h1-4,6-9,16H,5,10-15,17-18H2. The third-order valence-electron chi connectivity index (χ3n) is 6.36. The van der Waals surface area contributed by atoms with Crippen LogP contribution in [-0.4, -0.2) is 41.2 Å². The predicted octanol–water partition coefficient (Wildman–Crippen LogP) is 3.80. The molecule has 152 valence electrons. The number of hydrogen-bond donors (Lipinski definition) is 0. The normalized spacial score (nSPS) is 18.9. The molecule has 2 fully saturated rings. The summed E-state index contributed by atoms with van der Waals surface area (Å²) in [4.78, 5) is 29.7. The van der Waals surface area contributed by atoms with Gasteiger partial charge in [-0.2, -0.15) is 0 Å². The minimum absolute atomic E-state index is 0.130. The van der Waals surface area contributed by atoms with Crippen LogP contribution >= 0.6 is 0 Å². The fourth-order valence-electron chi connectivity index (χ4n) is 4.69. The summed E-state index contributed by atoms with van der Waals surface area (Å²) in [6.07, 6.45) is 3.68. The van der Waals surface area contributed by atoms with Gasteiger partial charge in [0.05, 0.1) is 11.8 Å². The van der Waals surface area contributed by atoms with Crippen LogP contribution in [-0.2, 0) is 22.6 Å². The van der Waals surface area contributed by atoms with Crippen molar-refractivity contribution in [3.05, 3.63) is 71.5 Å². The number of carbonyl (C=O) groups is 2. The minimum Gasteiger partial charge on any atom is -0.342 e. The van der Waals surface area contributed by atoms with E-state index in [4.69, 9.17) is 0 Å². The molecule has 1 spiro atoms. The van der Waals surface area contributed by atoms with Gasteiger partial charge < -0.3 is 9.80 Å². The molecule has 2 aromatic rings. The van der Waals surface area contributed by atoms with Crippen molar-refractivity contribution in [2.24, 2.45) is 5.41 Å². The van der Waals surface area contributed by atoms with Gasteiger partial charge in [-0.3, -0.25) is 9.59 Å². The molecule has 0 radical (unpaired) electrons. The molecule has 2 saturated heterocycles. The summed E-state index contributed by atoms with van der Waals surface area (Å²) in [6, 6.07) is 16.3. The van der Waals surface area contributed by atoms with Gasteiger partial charge in [0.2, 0.25) is 11.8 Å². The molecule has 2 aromatic carbocycles. The summed E-state index contributed by atoms with van der Waals surface area (Å²) in [6.45, 7) is 2.43. The minimum atomic E-state index is -0.366. The number of nitrogens with zero attached hydrogens (tertiary/aromatic N) is 2. The molecule has 0 aliphatic carbocycles. The fourth-order valence-corrected chi connectivity index (χ4v) is 4.69. The molecule has 5 heteroatoms. The lowest BCUT2D eigenvalue weighted by Crippen LogP contribution is -2.54. The highest BCUT2D eigenvalue weighted by Gasteiger charge is 2.46. The van der Waals surface area contributed by atoms with Gasteiger partial charge in [-0.05, 0) is 48.9 Å². The molecule has 2 amide bonds. The van der Waals surface area contributed by atoms with Crippen molar-refractivity contribution in [1.82, 2.24) is 9.80 Å². The van der Waals surface area contributed by atoms with Gasteiger partial charge in [0.15, 0.2) is 0 Å². The zero-order valence-electron chi connectivity index (χ0n) is 16.6. The van der Waals surface area contributed by atoms with E-state index in [0.717, 1.165) is 24.0 Å². The van der Waals surface area contributed by atoms with E-state index in [1.165, 1.54) is 12.1 Å². The van der Waals surface area contributed by atoms with Crippen molar-refractivity contribution < 1.29 is 14.0 Å². The predicted molar refractivity (Wildman–Crippen MR) is 109 cm³/mol. The SMILES string of the molecule is O=C(Cc1ccccc1)N1CCC2(CCCN(Cc3cccc(F)c3)C2=O)CC1. The molecule has 0 unspecified atom stereocenters. The molecule has 0 aromatic heterocycles. The molecule has 4 rings (SSSR count). The molecule has 0 atom stereocenters. The van der Waals surface area contributed by atoms with E-state index >= 15 is 0 Å². The Morgan fingerprint density at radius 3 is 2.38 bits per heavy atom. The van der Waals surface area contributed by atoms with Gasteiger partial charge in [-0.25, -0.2) is 4.39 Å². The van der Waals surface area contributed by atoms with Crippen LogP contribution in [0.2, 0.25) is 0 Å². The number of hydrogen-bond acceptors (Lipinski definition) is 2. The largest absolute Gasteiger partial charge is 0.342 e. The lowest BCUT2D eigenvalue weighted by molar-refractivity contribution is -0.153. The second-order valence-corrected chi connectivity index (χ2v) is 8.28. The van der Waals surface area contributed by atoms with Crippen molar-refractivity contribution >= 4 is 11.8 Å². The molecule has 0 saturated carbocycles. The van der Waals surface area contributed by atoms with Crippen LogP contribution in [0.5, 0.6) is 0 Å². The van der Waals surface area contributed by atoms with Crippen molar-refractivity contribution in [1.29, 1.82) is 0 Å². The second kappa shape index (κ2) is 8.36. The van der Waals surface area contributed by atoms with Gasteiger partial charge in [-0.1, -0.05) is 42.5 Å². The van der Waals surface area contributed by atoms with E-state index in [-0.39, 0.29) is 23.0 Å². The van der Waals surface area contributed by atoms with Gasteiger partial charge in [0.25, 0.3) is 0 Å². The summed E-state index contributed by atoms with van der Waals surface area (Å²) < 4.78 is 13.5. The first-order chi connectivity index (χ1) is 14.1. The molecule has 0 N–H and O–H groups in total. The van der Waals surface area contributed by atoms with Crippen molar-refractivity contribution in [3.63, 3.8) is 0 Å². The Kier molecular flexibility index (Phi) is 5.65. The number of carbonyl (C=O) groups excluding carboxylic acids is 2. The first kappa shape index (κ1) is 19.6. The van der Waals surface area contributed by atoms with Crippen LogP contribution in [0, 0.1) is 11.2 Å². The van der Waals surface area contributed by atoms with Gasteiger partial charge >= 0.3 is 0 Å². The molecular weight excluding hydrogens is 367 g/mol. The molecule has 4 nitrogen and oxygen atoms in total. The van der Waals surface area contributed by atoms with E-state index in [9.17, 15) is 14.0 Å². The van der Waals surface area contributed by atoms with E-state index in [1.807, 2.05) is 46.2 Å². The smallest absolute Gasteiger partial charge is 0.229 e. The zero-order chi connectivity index (χ0) is 20.3. The Bertz CT molecular complexity index is 875. The van der Waals surface area contributed by atoms with Crippen molar-refractivity contribution in [2.75, 3.05) is 19.6 Å². The number of piperidine rings is 2. The highest BCUT2D eigenvalue weighted by atomic mass is 19.1. The maximum absolute atomic E-state index is 13.5. The van der Waals surface area contributed by atoms with Crippen LogP contribution in [0.3, 0.4) is 0 Å². The summed E-state index contributed by atoms with van der Waals surface area (Å²) >= 11 is 0. The molecule has 2 aliphatic heterocycles. The number of likely N-dealkylation sites (tertiary alicyclic amines) is 2. The summed E-state index contributed by atoms with van der Waals surface area (Å²) in [5.41, 5.74) is 1.48. The summed E-state index contributed by atoms with van der Waals surface area (Å²) in [5, 5.41) is 0. The fraction of sp³-hybridized carbons (Fsp3) is 0.417. The zero-order valence-corrected chi connectivity index (χ0v) is 16.6. The van der Waals surface area contributed by atoms with Crippen molar-refractivity contribution in [3.8, 4) is 0 Å². The number of amides is 2. The maximum Gasteiger partial charge on any atom is 0.229 e. The van der Waals surface area contributed by atoms with E-state index in [0.29, 0.717) is 45.4 Å². The average molecular weight is 394 g/mol. The Labute approximate surface area is 171 Å². The van der Waals surface area contributed by atoms with E-state index < -0.39 is 0 Å². The van der Waals surface area contributed by atoms with Crippen LogP contribution in [0.1, 0.15) is 36.8 Å². The first-order valence-electron chi connectivity index (χ1n) is 10.4. The number of halogens is 1. The average Bonchev–Trinajstić information content (AvgIpc) is 2.73. The molecule has 2 heterocycles. The monoisotopic (exact) mass is 394 g/mol. The van der Waals surface area contributed by atoms with Crippen LogP contribution < -0.4 is 0 Å². The van der Waals surface area contributed by atoms with E-state index in [1.54, 1.807) is 6.07 Å². The molecular formula is C24H27FN2O2. The Morgan fingerprint density at radius 2 is 1.66 bits per heavy atom. The third-order valence-corrected chi connectivity index (χ3v) is 6.36. The Morgan fingerprint density at radius 1 is 0.931 bits per heavy atom. The van der Waals surface area contributed by atoms with Crippen LogP contribution in [0.15, 0.2) is 54.6 Å². The second-order valence-electron chi connectivity index (χ2n) is 8.28. The van der Waals surface area contributed by atoms with E-state index in [2.05, 4.69) is 0 Å². The van der Waals surface area contributed by atoms with Crippen LogP contribution in [0.4, 0.5) is 4.39 Å². The Hall–Kier alpha value is -2.69. The highest BCUT2D eigenvalue weighted by Crippen LogP contribution is 2.41. The summed E-state index contributed by atoms with van der Waals surface area (Å²) in [7, 11) is 0. The number of benzene rings is 2. The maximum atomic E-state index is 13.5. The lowest BCUT2D eigenvalue weighted by Gasteiger charge is -2.46. The van der Waals surface area contributed by atoms with Crippen LogP contribution in [0.25, 0.3) is 0 Å². The topological polar surface area (TPSA) is 40.6 Å². The molecule has 0 bridgehead atoms. The third kappa shape index (κ3) is 4.34. The Balaban J connectivity index is 1.38. The quantitative estimate of drug-likeness (QED) is 0.791. The first-order valence-corrected chi connectivity index (χ1v) is 10.4. The molecule has 2 aliphatic rings. The van der Waals surface area contributed by atoms with Gasteiger partial charge in [0.1, 0.15) is 5.82 Å². The lowest BCUT2D eigenvalue weighted by atomic mass is 9.71. The van der Waals surface area contributed by atoms with Gasteiger partial charge in [-0.15, -0.1) is 0 Å². The number of rotatable bonds is 4. The van der Waals surface area contributed by atoms with Gasteiger partial charge in [0, 0.05) is 26.2 Å². The summed E-state index contributed by atoms with van der Waals surface area (Å²) in [5.74, 6) is 0.0287. The van der Waals surface area contributed by atoms with Crippen molar-refractivity contribution in [2.45, 2.75) is 38.6 Å². The highest BCUT2D eigenvalue weighted by molar-refractivity contribution is 5.84. The molecule has 29 heavy (non-hydrogen) atoms.